The standard InChI is InChI=1S/C9H13N7O2/c1-2-12-16(18)14-8-6(7(10)17)9-11-4-3-5-15(9)13-8/h3-5,12,18H,2H2,1H3,(H2,10,17)(H,13,14). The summed E-state index contributed by atoms with van der Waals surface area (Å²) in [6.07, 6.45) is 3.14. The predicted octanol–water partition coefficient (Wildman–Crippen LogP) is -0.629. The van der Waals surface area contributed by atoms with Crippen LogP contribution >= 0.6 is 0 Å². The number of anilines is 1. The number of hydrogen-bond donors (Lipinski definition) is 4. The van der Waals surface area contributed by atoms with E-state index in [0.29, 0.717) is 17.5 Å². The van der Waals surface area contributed by atoms with E-state index in [4.69, 9.17) is 5.73 Å². The number of rotatable bonds is 5. The van der Waals surface area contributed by atoms with Crippen molar-refractivity contribution in [2.24, 2.45) is 5.73 Å². The van der Waals surface area contributed by atoms with Gasteiger partial charge in [-0.2, -0.15) is 0 Å². The quantitative estimate of drug-likeness (QED) is 0.522. The first-order valence-electron chi connectivity index (χ1n) is 5.25. The number of hydrogen-bond acceptors (Lipinski definition) is 7. The van der Waals surface area contributed by atoms with Gasteiger partial charge in [0.1, 0.15) is 5.56 Å². The van der Waals surface area contributed by atoms with E-state index in [2.05, 4.69) is 20.9 Å². The summed E-state index contributed by atoms with van der Waals surface area (Å²) in [6.45, 7) is 2.28. The second-order valence-electron chi connectivity index (χ2n) is 3.41. The van der Waals surface area contributed by atoms with E-state index in [0.717, 1.165) is 0 Å². The van der Waals surface area contributed by atoms with Crippen LogP contribution in [-0.4, -0.2) is 37.5 Å². The Morgan fingerprint density at radius 3 is 3.11 bits per heavy atom. The highest BCUT2D eigenvalue weighted by Gasteiger charge is 2.19. The van der Waals surface area contributed by atoms with Gasteiger partial charge in [0.15, 0.2) is 11.5 Å². The van der Waals surface area contributed by atoms with Crippen LogP contribution in [0.25, 0.3) is 5.65 Å². The van der Waals surface area contributed by atoms with Gasteiger partial charge in [0.25, 0.3) is 5.91 Å². The Kier molecular flexibility index (Phi) is 3.37. The number of nitrogens with zero attached hydrogens (tertiary/aromatic N) is 4. The maximum atomic E-state index is 11.4. The maximum Gasteiger partial charge on any atom is 0.256 e. The van der Waals surface area contributed by atoms with Crippen molar-refractivity contribution in [3.63, 3.8) is 0 Å². The first-order chi connectivity index (χ1) is 8.63. The second-order valence-corrected chi connectivity index (χ2v) is 3.41. The molecule has 0 atom stereocenters. The third kappa shape index (κ3) is 2.22. The van der Waals surface area contributed by atoms with Crippen LogP contribution in [0.5, 0.6) is 0 Å². The highest BCUT2D eigenvalue weighted by atomic mass is 16.6. The first kappa shape index (κ1) is 12.2. The monoisotopic (exact) mass is 251 g/mol. The van der Waals surface area contributed by atoms with Gasteiger partial charge in [-0.1, -0.05) is 6.92 Å². The number of nitrogens with two attached hydrogens (primary N) is 1. The van der Waals surface area contributed by atoms with Crippen LogP contribution in [0.15, 0.2) is 18.5 Å². The van der Waals surface area contributed by atoms with Gasteiger partial charge in [-0.15, -0.1) is 5.10 Å². The maximum absolute atomic E-state index is 11.4. The number of aromatic nitrogens is 3. The number of amides is 1. The summed E-state index contributed by atoms with van der Waals surface area (Å²) in [7, 11) is 0. The van der Waals surface area contributed by atoms with E-state index >= 15 is 0 Å². The van der Waals surface area contributed by atoms with Crippen LogP contribution in [0, 0.1) is 0 Å². The molecule has 2 heterocycles. The van der Waals surface area contributed by atoms with Crippen molar-refractivity contribution in [2.75, 3.05) is 12.0 Å². The van der Waals surface area contributed by atoms with Crippen molar-refractivity contribution in [1.29, 1.82) is 0 Å². The lowest BCUT2D eigenvalue weighted by Gasteiger charge is -2.15. The van der Waals surface area contributed by atoms with Crippen molar-refractivity contribution in [3.05, 3.63) is 24.0 Å². The molecule has 2 aromatic heterocycles. The minimum atomic E-state index is -0.684. The Bertz CT molecular complexity index is 567. The normalized spacial score (nSPS) is 11.1. The average Bonchev–Trinajstić information content (AvgIpc) is 2.66. The Morgan fingerprint density at radius 2 is 2.44 bits per heavy atom. The molecule has 0 aliphatic rings. The van der Waals surface area contributed by atoms with Crippen molar-refractivity contribution in [2.45, 2.75) is 6.92 Å². The molecule has 5 N–H and O–H groups in total. The molecular weight excluding hydrogens is 238 g/mol. The molecule has 0 radical (unpaired) electrons. The van der Waals surface area contributed by atoms with Gasteiger partial charge in [-0.25, -0.2) is 14.9 Å². The zero-order valence-corrected chi connectivity index (χ0v) is 9.66. The van der Waals surface area contributed by atoms with E-state index in [1.54, 1.807) is 19.2 Å². The zero-order chi connectivity index (χ0) is 13.1. The molecule has 1 amide bonds. The third-order valence-corrected chi connectivity index (χ3v) is 2.16. The summed E-state index contributed by atoms with van der Waals surface area (Å²) in [5, 5.41) is 14.1. The minimum Gasteiger partial charge on any atom is -0.365 e. The summed E-state index contributed by atoms with van der Waals surface area (Å²) in [4.78, 5) is 15.4. The fraction of sp³-hybridized carbons (Fsp3) is 0.222. The number of fused-ring (bicyclic) bond motifs is 1. The molecule has 18 heavy (non-hydrogen) atoms. The number of primary amides is 1. The number of carbonyl (C=O) groups is 1. The molecule has 0 unspecified atom stereocenters. The largest absolute Gasteiger partial charge is 0.365 e. The molecule has 9 nitrogen and oxygen atoms in total. The van der Waals surface area contributed by atoms with E-state index in [1.165, 1.54) is 10.7 Å². The van der Waals surface area contributed by atoms with E-state index in [-0.39, 0.29) is 11.4 Å². The number of carbonyl (C=O) groups excluding carboxylic acids is 1. The Morgan fingerprint density at radius 1 is 1.67 bits per heavy atom. The Balaban J connectivity index is 2.43. The minimum absolute atomic E-state index is 0.104. The average molecular weight is 251 g/mol. The molecule has 0 aliphatic carbocycles. The van der Waals surface area contributed by atoms with Gasteiger partial charge < -0.3 is 5.73 Å². The highest BCUT2D eigenvalue weighted by Crippen LogP contribution is 2.17. The van der Waals surface area contributed by atoms with Crippen LogP contribution in [0.3, 0.4) is 0 Å². The van der Waals surface area contributed by atoms with E-state index in [1.807, 2.05) is 0 Å². The predicted molar refractivity (Wildman–Crippen MR) is 62.4 cm³/mol. The molecule has 0 fully saturated rings. The Hall–Kier alpha value is -2.23. The molecule has 0 spiro atoms. The molecule has 0 aromatic carbocycles. The van der Waals surface area contributed by atoms with Gasteiger partial charge in [0, 0.05) is 18.9 Å². The van der Waals surface area contributed by atoms with Crippen LogP contribution in [0.2, 0.25) is 0 Å². The lowest BCUT2D eigenvalue weighted by molar-refractivity contribution is -0.112. The topological polar surface area (TPSA) is 121 Å². The van der Waals surface area contributed by atoms with Crippen molar-refractivity contribution in [1.82, 2.24) is 25.3 Å². The SMILES string of the molecule is CCNN(O)Nc1nn2cccnc2c1C(N)=O. The van der Waals surface area contributed by atoms with Gasteiger partial charge in [-0.05, 0) is 11.3 Å². The molecule has 96 valence electrons. The lowest BCUT2D eigenvalue weighted by atomic mass is 10.3. The Labute approximate surface area is 102 Å². The van der Waals surface area contributed by atoms with E-state index in [9.17, 15) is 10.0 Å². The number of hydrazine groups is 2. The summed E-state index contributed by atoms with van der Waals surface area (Å²) in [6, 6.07) is 1.66. The fourth-order valence-electron chi connectivity index (χ4n) is 1.48. The summed E-state index contributed by atoms with van der Waals surface area (Å²) in [5.74, 6) is -0.569. The van der Waals surface area contributed by atoms with Crippen molar-refractivity contribution in [3.8, 4) is 0 Å². The fourth-order valence-corrected chi connectivity index (χ4v) is 1.48. The first-order valence-corrected chi connectivity index (χ1v) is 5.25. The van der Waals surface area contributed by atoms with Crippen LogP contribution in [-0.2, 0) is 0 Å². The molecule has 0 bridgehead atoms. The van der Waals surface area contributed by atoms with Crippen molar-refractivity contribution >= 4 is 17.4 Å². The van der Waals surface area contributed by atoms with Crippen LogP contribution < -0.4 is 16.6 Å². The third-order valence-electron chi connectivity index (χ3n) is 2.16. The highest BCUT2D eigenvalue weighted by molar-refractivity contribution is 6.03. The van der Waals surface area contributed by atoms with Gasteiger partial charge in [-0.3, -0.25) is 15.4 Å². The molecule has 9 heteroatoms. The summed E-state index contributed by atoms with van der Waals surface area (Å²) >= 11 is 0. The lowest BCUT2D eigenvalue weighted by Crippen LogP contribution is -2.40. The molecule has 2 aromatic rings. The smallest absolute Gasteiger partial charge is 0.256 e. The summed E-state index contributed by atoms with van der Waals surface area (Å²) in [5.41, 5.74) is 10.8. The van der Waals surface area contributed by atoms with Crippen LogP contribution in [0.1, 0.15) is 17.3 Å². The van der Waals surface area contributed by atoms with Crippen molar-refractivity contribution < 1.29 is 10.0 Å². The molecule has 0 saturated heterocycles. The second kappa shape index (κ2) is 4.96. The molecule has 2 rings (SSSR count). The molecular formula is C9H13N7O2. The zero-order valence-electron chi connectivity index (χ0n) is 9.66. The molecule has 0 saturated carbocycles. The van der Waals surface area contributed by atoms with Gasteiger partial charge in [0.2, 0.25) is 0 Å². The number of nitrogens with one attached hydrogen (secondary N) is 2. The van der Waals surface area contributed by atoms with E-state index < -0.39 is 5.91 Å². The van der Waals surface area contributed by atoms with Gasteiger partial charge in [0.05, 0.1) is 0 Å². The van der Waals surface area contributed by atoms with Crippen LogP contribution in [0.4, 0.5) is 5.82 Å². The molecule has 0 aliphatic heterocycles. The summed E-state index contributed by atoms with van der Waals surface area (Å²) < 4.78 is 1.39. The van der Waals surface area contributed by atoms with Gasteiger partial charge >= 0.3 is 0 Å².